The molecular weight excluding hydrogens is 309 g/mol. The van der Waals surface area contributed by atoms with Gasteiger partial charge in [0.25, 0.3) is 0 Å². The number of aldehydes is 1. The van der Waals surface area contributed by atoms with Gasteiger partial charge in [-0.25, -0.2) is 8.42 Å². The Kier molecular flexibility index (Phi) is 10.8. The molecule has 0 aliphatic rings. The molecule has 10 nitrogen and oxygen atoms in total. The van der Waals surface area contributed by atoms with E-state index in [1.54, 1.807) is 0 Å². The first-order chi connectivity index (χ1) is 8.62. The van der Waals surface area contributed by atoms with Gasteiger partial charge in [-0.1, -0.05) is 0 Å². The summed E-state index contributed by atoms with van der Waals surface area (Å²) in [6.45, 7) is -0.0191. The molecule has 12 heteroatoms. The van der Waals surface area contributed by atoms with Gasteiger partial charge in [0, 0.05) is 6.92 Å². The second-order valence-electron chi connectivity index (χ2n) is 3.57. The van der Waals surface area contributed by atoms with Crippen LogP contribution in [-0.4, -0.2) is 71.4 Å². The van der Waals surface area contributed by atoms with Gasteiger partial charge in [0.2, 0.25) is 16.3 Å². The number of nitrogens with one attached hydrogen (secondary N) is 1. The Balaban J connectivity index is 0. The van der Waals surface area contributed by atoms with E-state index in [4.69, 9.17) is 5.11 Å². The molecule has 0 fully saturated rings. The number of aliphatic hydroxyl groups excluding tert-OH is 3. The van der Waals surface area contributed by atoms with Crippen LogP contribution in [0.25, 0.3) is 0 Å². The third kappa shape index (κ3) is 8.24. The van der Waals surface area contributed by atoms with E-state index >= 15 is 0 Å². The number of amides is 1. The number of hydrogen-bond donors (Lipinski definition) is 4. The maximum absolute atomic E-state index is 10.8. The molecule has 0 aromatic carbocycles. The predicted molar refractivity (Wildman–Crippen MR) is 57.3 cm³/mol. The minimum absolute atomic E-state index is 0. The largest absolute Gasteiger partial charge is 1.00 e. The van der Waals surface area contributed by atoms with Gasteiger partial charge in [-0.3, -0.25) is 8.98 Å². The van der Waals surface area contributed by atoms with Gasteiger partial charge in [0.05, 0.1) is 6.61 Å². The minimum atomic E-state index is -5.30. The van der Waals surface area contributed by atoms with Crippen molar-refractivity contribution in [2.45, 2.75) is 31.3 Å². The van der Waals surface area contributed by atoms with Crippen molar-refractivity contribution in [3.05, 3.63) is 0 Å². The van der Waals surface area contributed by atoms with Crippen LogP contribution in [0.1, 0.15) is 6.92 Å². The fourth-order valence-electron chi connectivity index (χ4n) is 1.23. The van der Waals surface area contributed by atoms with E-state index in [9.17, 15) is 32.8 Å². The fourth-order valence-corrected chi connectivity index (χ4v) is 1.74. The van der Waals surface area contributed by atoms with E-state index in [-0.39, 0.29) is 35.8 Å². The number of hydrogen-bond acceptors (Lipinski definition) is 9. The van der Waals surface area contributed by atoms with E-state index in [1.807, 2.05) is 5.32 Å². The molecule has 4 N–H and O–H groups in total. The van der Waals surface area contributed by atoms with Crippen molar-refractivity contribution in [1.82, 2.24) is 5.32 Å². The van der Waals surface area contributed by atoms with Crippen molar-refractivity contribution in [1.29, 1.82) is 0 Å². The van der Waals surface area contributed by atoms with Crippen molar-refractivity contribution < 1.29 is 71.6 Å². The van der Waals surface area contributed by atoms with Crippen LogP contribution < -0.4 is 34.9 Å². The Morgan fingerprint density at radius 3 is 2.25 bits per heavy atom. The van der Waals surface area contributed by atoms with E-state index in [2.05, 4.69) is 4.18 Å². The topological polar surface area (TPSA) is 173 Å². The smallest absolute Gasteiger partial charge is 0.726 e. The summed E-state index contributed by atoms with van der Waals surface area (Å²) in [5.74, 6) is -0.724. The maximum atomic E-state index is 10.8. The van der Waals surface area contributed by atoms with E-state index in [0.29, 0.717) is 0 Å². The molecule has 0 rings (SSSR count). The van der Waals surface area contributed by atoms with E-state index < -0.39 is 47.3 Å². The van der Waals surface area contributed by atoms with Gasteiger partial charge in [0.15, 0.2) is 0 Å². The Morgan fingerprint density at radius 1 is 1.45 bits per heavy atom. The monoisotopic (exact) mass is 323 g/mol. The summed E-state index contributed by atoms with van der Waals surface area (Å²) in [6.07, 6.45) is -6.04. The summed E-state index contributed by atoms with van der Waals surface area (Å²) >= 11 is 0. The van der Waals surface area contributed by atoms with Crippen molar-refractivity contribution in [2.24, 2.45) is 0 Å². The summed E-state index contributed by atoms with van der Waals surface area (Å²) in [7, 11) is -5.30. The number of carbonyl (C=O) groups excluding carboxylic acids is 2. The molecule has 0 heterocycles. The molecule has 0 unspecified atom stereocenters. The van der Waals surface area contributed by atoms with Crippen LogP contribution in [0.15, 0.2) is 0 Å². The summed E-state index contributed by atoms with van der Waals surface area (Å²) < 4.78 is 35.2. The first kappa shape index (κ1) is 22.2. The predicted octanol–water partition coefficient (Wildman–Crippen LogP) is -6.75. The third-order valence-corrected chi connectivity index (χ3v) is 2.47. The van der Waals surface area contributed by atoms with Gasteiger partial charge in [-0.05, 0) is 0 Å². The zero-order valence-electron chi connectivity index (χ0n) is 10.8. The van der Waals surface area contributed by atoms with Crippen LogP contribution in [0.5, 0.6) is 0 Å². The van der Waals surface area contributed by atoms with Gasteiger partial charge in [-0.2, -0.15) is 0 Å². The van der Waals surface area contributed by atoms with Crippen LogP contribution in [0.3, 0.4) is 0 Å². The Labute approximate surface area is 137 Å². The number of aliphatic hydroxyl groups is 3. The minimum Gasteiger partial charge on any atom is -0.726 e. The molecule has 1 amide bonds. The normalized spacial score (nSPS) is 17.2. The molecule has 20 heavy (non-hydrogen) atoms. The first-order valence-electron chi connectivity index (χ1n) is 4.96. The quantitative estimate of drug-likeness (QED) is 0.146. The maximum Gasteiger partial charge on any atom is 1.00 e. The van der Waals surface area contributed by atoms with Gasteiger partial charge >= 0.3 is 29.6 Å². The number of carbonyl (C=O) groups is 2. The van der Waals surface area contributed by atoms with Crippen molar-refractivity contribution in [2.75, 3.05) is 6.61 Å². The average molecular weight is 323 g/mol. The zero-order chi connectivity index (χ0) is 15.2. The third-order valence-electron chi connectivity index (χ3n) is 2.02. The van der Waals surface area contributed by atoms with Gasteiger partial charge in [0.1, 0.15) is 30.6 Å². The average Bonchev–Trinajstić information content (AvgIpc) is 2.29. The molecule has 112 valence electrons. The zero-order valence-corrected chi connectivity index (χ0v) is 13.6. The molecule has 0 radical (unpaired) electrons. The molecule has 0 aliphatic heterocycles. The number of rotatable bonds is 8. The van der Waals surface area contributed by atoms with Crippen molar-refractivity contribution in [3.63, 3.8) is 0 Å². The Hall–Kier alpha value is -0.110. The summed E-state index contributed by atoms with van der Waals surface area (Å²) in [4.78, 5) is 21.4. The Morgan fingerprint density at radius 2 is 1.95 bits per heavy atom. The van der Waals surface area contributed by atoms with Crippen LogP contribution >= 0.6 is 0 Å². The van der Waals surface area contributed by atoms with Crippen LogP contribution in [0, 0.1) is 0 Å². The molecule has 0 aromatic rings. The summed E-state index contributed by atoms with van der Waals surface area (Å²) in [5.41, 5.74) is 0. The SMILES string of the molecule is CC(=O)N[C@@H](C=O)[C@@H](O)[C@@H](OS(=O)(=O)[O-])[C@H](O)CO.[Na+]. The molecule has 0 spiro atoms. The van der Waals surface area contributed by atoms with Crippen molar-refractivity contribution in [3.8, 4) is 0 Å². The molecular formula is C8H14NNaO9S. The first-order valence-corrected chi connectivity index (χ1v) is 6.29. The Bertz CT molecular complexity index is 414. The second-order valence-corrected chi connectivity index (χ2v) is 4.58. The van der Waals surface area contributed by atoms with E-state index in [1.165, 1.54) is 0 Å². The van der Waals surface area contributed by atoms with Crippen LogP contribution in [0.4, 0.5) is 0 Å². The molecule has 0 aliphatic carbocycles. The van der Waals surface area contributed by atoms with E-state index in [0.717, 1.165) is 6.92 Å². The van der Waals surface area contributed by atoms with Crippen LogP contribution in [0.2, 0.25) is 0 Å². The van der Waals surface area contributed by atoms with Gasteiger partial charge in [-0.15, -0.1) is 0 Å². The molecule has 0 saturated carbocycles. The van der Waals surface area contributed by atoms with Crippen LogP contribution in [-0.2, 0) is 24.2 Å². The second kappa shape index (κ2) is 9.76. The van der Waals surface area contributed by atoms with Gasteiger partial charge < -0.3 is 30.0 Å². The van der Waals surface area contributed by atoms with Crippen molar-refractivity contribution >= 4 is 22.6 Å². The molecule has 4 atom stereocenters. The summed E-state index contributed by atoms with van der Waals surface area (Å²) in [5, 5.41) is 29.5. The molecule has 0 bridgehead atoms. The molecule has 0 saturated heterocycles. The fraction of sp³-hybridized carbons (Fsp3) is 0.750. The molecule has 0 aromatic heterocycles. The standard InChI is InChI=1S/C8H15NO9S.Na/c1-4(12)9-5(2-10)7(14)8(6(13)3-11)18-19(15,16)17;/h2,5-8,11,13-14H,3H2,1H3,(H,9,12)(H,15,16,17);/q;+1/p-1/t5-,6+,7+,8-;/m0./s1. The summed E-state index contributed by atoms with van der Waals surface area (Å²) in [6, 6.07) is -1.62.